The Kier molecular flexibility index (Phi) is 8.24. The molecule has 1 fully saturated rings. The quantitative estimate of drug-likeness (QED) is 0.374. The number of ether oxygens (including phenoxy) is 1. The maximum atomic E-state index is 13.4. The van der Waals surface area contributed by atoms with Gasteiger partial charge in [-0.1, -0.05) is 41.9 Å². The number of nitrogens with zero attached hydrogens (tertiary/aromatic N) is 3. The summed E-state index contributed by atoms with van der Waals surface area (Å²) >= 11 is 7.87. The number of thiazole rings is 1. The second kappa shape index (κ2) is 11.3. The second-order valence-corrected chi connectivity index (χ2v) is 10.7. The van der Waals surface area contributed by atoms with Crippen molar-refractivity contribution in [1.82, 2.24) is 14.8 Å². The number of piperidine rings is 1. The SMILES string of the molecule is Cc1cc(OC[C@]2(CC(=O)N(C)Cc3ccccc3)CCCN(Cc3nccs3)C2)ccc1Cl. The molecule has 4 rings (SSSR count). The Morgan fingerprint density at radius 1 is 1.26 bits per heavy atom. The summed E-state index contributed by atoms with van der Waals surface area (Å²) in [4.78, 5) is 22.1. The number of hydrogen-bond donors (Lipinski definition) is 0. The van der Waals surface area contributed by atoms with Crippen molar-refractivity contribution >= 4 is 28.8 Å². The maximum Gasteiger partial charge on any atom is 0.223 e. The molecule has 2 aromatic carbocycles. The Morgan fingerprint density at radius 2 is 2.09 bits per heavy atom. The number of benzene rings is 2. The van der Waals surface area contributed by atoms with Crippen LogP contribution in [-0.4, -0.2) is 47.4 Å². The molecule has 1 saturated heterocycles. The van der Waals surface area contributed by atoms with Crippen molar-refractivity contribution in [2.24, 2.45) is 5.41 Å². The first-order valence-electron chi connectivity index (χ1n) is 11.7. The molecule has 34 heavy (non-hydrogen) atoms. The van der Waals surface area contributed by atoms with Gasteiger partial charge in [-0.05, 0) is 55.6 Å². The predicted molar refractivity (Wildman–Crippen MR) is 138 cm³/mol. The molecule has 0 N–H and O–H groups in total. The smallest absolute Gasteiger partial charge is 0.223 e. The largest absolute Gasteiger partial charge is 0.493 e. The molecule has 1 aliphatic heterocycles. The van der Waals surface area contributed by atoms with E-state index in [4.69, 9.17) is 16.3 Å². The van der Waals surface area contributed by atoms with E-state index < -0.39 is 0 Å². The Bertz CT molecular complexity index is 1080. The van der Waals surface area contributed by atoms with Gasteiger partial charge < -0.3 is 9.64 Å². The molecule has 1 amide bonds. The highest BCUT2D eigenvalue weighted by Crippen LogP contribution is 2.36. The summed E-state index contributed by atoms with van der Waals surface area (Å²) in [6.45, 7) is 5.71. The number of amides is 1. The van der Waals surface area contributed by atoms with E-state index in [1.54, 1.807) is 11.3 Å². The zero-order chi connectivity index (χ0) is 24.0. The van der Waals surface area contributed by atoms with E-state index in [-0.39, 0.29) is 11.3 Å². The Hall–Kier alpha value is -2.41. The fraction of sp³-hybridized carbons (Fsp3) is 0.407. The average molecular weight is 498 g/mol. The van der Waals surface area contributed by atoms with Gasteiger partial charge in [0, 0.05) is 48.6 Å². The molecule has 180 valence electrons. The third-order valence-electron chi connectivity index (χ3n) is 6.47. The van der Waals surface area contributed by atoms with Gasteiger partial charge in [0.05, 0.1) is 13.2 Å². The van der Waals surface area contributed by atoms with Crippen molar-refractivity contribution in [2.75, 3.05) is 26.7 Å². The molecule has 5 nitrogen and oxygen atoms in total. The van der Waals surface area contributed by atoms with Crippen LogP contribution >= 0.6 is 22.9 Å². The molecule has 0 saturated carbocycles. The van der Waals surface area contributed by atoms with Crippen molar-refractivity contribution in [3.8, 4) is 5.75 Å². The highest BCUT2D eigenvalue weighted by Gasteiger charge is 2.39. The van der Waals surface area contributed by atoms with Gasteiger partial charge in [0.25, 0.3) is 0 Å². The molecule has 3 aromatic rings. The van der Waals surface area contributed by atoms with Crippen LogP contribution in [0.5, 0.6) is 5.75 Å². The fourth-order valence-electron chi connectivity index (χ4n) is 4.63. The average Bonchev–Trinajstić information content (AvgIpc) is 3.34. The number of halogens is 1. The van der Waals surface area contributed by atoms with Gasteiger partial charge in [0.15, 0.2) is 0 Å². The summed E-state index contributed by atoms with van der Waals surface area (Å²) in [5.41, 5.74) is 1.86. The Morgan fingerprint density at radius 3 is 2.82 bits per heavy atom. The number of aryl methyl sites for hydroxylation is 1. The molecule has 0 unspecified atom stereocenters. The lowest BCUT2D eigenvalue weighted by Crippen LogP contribution is -2.48. The minimum atomic E-state index is -0.259. The zero-order valence-corrected chi connectivity index (χ0v) is 21.4. The van der Waals surface area contributed by atoms with E-state index in [2.05, 4.69) is 22.0 Å². The molecule has 1 atom stereocenters. The molecule has 1 aliphatic rings. The van der Waals surface area contributed by atoms with Crippen molar-refractivity contribution in [3.05, 3.63) is 81.3 Å². The standard InChI is InChI=1S/C27H32ClN3O2S/c1-21-15-23(9-10-24(21)28)33-20-27(11-6-13-31(19-27)18-25-29-12-14-34-25)16-26(32)30(2)17-22-7-4-3-5-8-22/h3-5,7-10,12,14-15H,6,11,13,16-20H2,1-2H3/t27-/m0/s1. The van der Waals surface area contributed by atoms with Gasteiger partial charge in [-0.25, -0.2) is 4.98 Å². The van der Waals surface area contributed by atoms with E-state index in [1.807, 2.05) is 66.8 Å². The van der Waals surface area contributed by atoms with E-state index >= 15 is 0 Å². The normalized spacial score (nSPS) is 18.6. The van der Waals surface area contributed by atoms with Crippen molar-refractivity contribution in [1.29, 1.82) is 0 Å². The lowest BCUT2D eigenvalue weighted by molar-refractivity contribution is -0.135. The van der Waals surface area contributed by atoms with Gasteiger partial charge in [-0.3, -0.25) is 9.69 Å². The molecule has 0 spiro atoms. The van der Waals surface area contributed by atoms with Crippen LogP contribution in [0.2, 0.25) is 5.02 Å². The number of carbonyl (C=O) groups is 1. The van der Waals surface area contributed by atoms with E-state index in [9.17, 15) is 4.79 Å². The molecule has 7 heteroatoms. The lowest BCUT2D eigenvalue weighted by Gasteiger charge is -2.42. The number of rotatable bonds is 9. The topological polar surface area (TPSA) is 45.7 Å². The van der Waals surface area contributed by atoms with Crippen LogP contribution in [0.15, 0.2) is 60.1 Å². The number of carbonyl (C=O) groups excluding carboxylic acids is 1. The fourth-order valence-corrected chi connectivity index (χ4v) is 5.40. The number of hydrogen-bond acceptors (Lipinski definition) is 5. The Labute approximate surface area is 211 Å². The van der Waals surface area contributed by atoms with Gasteiger partial charge in [0.2, 0.25) is 5.91 Å². The van der Waals surface area contributed by atoms with Gasteiger partial charge in [-0.15, -0.1) is 11.3 Å². The molecular formula is C27H32ClN3O2S. The third-order valence-corrected chi connectivity index (χ3v) is 7.66. The van der Waals surface area contributed by atoms with E-state index in [1.165, 1.54) is 0 Å². The summed E-state index contributed by atoms with van der Waals surface area (Å²) in [6, 6.07) is 15.9. The number of aromatic nitrogens is 1. The molecular weight excluding hydrogens is 466 g/mol. The summed E-state index contributed by atoms with van der Waals surface area (Å²) in [7, 11) is 1.89. The first kappa shape index (κ1) is 24.7. The molecule has 1 aromatic heterocycles. The van der Waals surface area contributed by atoms with Crippen molar-refractivity contribution in [2.45, 2.75) is 39.3 Å². The number of likely N-dealkylation sites (tertiary alicyclic amines) is 1. The van der Waals surface area contributed by atoms with Crippen LogP contribution in [0.25, 0.3) is 0 Å². The van der Waals surface area contributed by atoms with Crippen LogP contribution in [-0.2, 0) is 17.9 Å². The van der Waals surface area contributed by atoms with Gasteiger partial charge in [-0.2, -0.15) is 0 Å². The summed E-state index contributed by atoms with van der Waals surface area (Å²) in [5, 5.41) is 3.85. The highest BCUT2D eigenvalue weighted by molar-refractivity contribution is 7.09. The third kappa shape index (κ3) is 6.59. The first-order chi connectivity index (χ1) is 16.4. The maximum absolute atomic E-state index is 13.4. The molecule has 2 heterocycles. The summed E-state index contributed by atoms with van der Waals surface area (Å²) in [5.74, 6) is 0.944. The monoisotopic (exact) mass is 497 g/mol. The van der Waals surface area contributed by atoms with E-state index in [0.717, 1.165) is 59.4 Å². The summed E-state index contributed by atoms with van der Waals surface area (Å²) < 4.78 is 6.30. The van der Waals surface area contributed by atoms with Crippen LogP contribution in [0.3, 0.4) is 0 Å². The van der Waals surface area contributed by atoms with Crippen LogP contribution in [0, 0.1) is 12.3 Å². The van der Waals surface area contributed by atoms with Crippen molar-refractivity contribution < 1.29 is 9.53 Å². The van der Waals surface area contributed by atoms with Crippen LogP contribution in [0.1, 0.15) is 35.4 Å². The summed E-state index contributed by atoms with van der Waals surface area (Å²) in [6.07, 6.45) is 4.30. The minimum Gasteiger partial charge on any atom is -0.493 e. The molecule has 0 radical (unpaired) electrons. The Balaban J connectivity index is 1.48. The first-order valence-corrected chi connectivity index (χ1v) is 13.0. The zero-order valence-electron chi connectivity index (χ0n) is 19.9. The predicted octanol–water partition coefficient (Wildman–Crippen LogP) is 5.81. The van der Waals surface area contributed by atoms with Gasteiger partial charge in [0.1, 0.15) is 10.8 Å². The van der Waals surface area contributed by atoms with E-state index in [0.29, 0.717) is 19.6 Å². The lowest BCUT2D eigenvalue weighted by atomic mass is 9.77. The minimum absolute atomic E-state index is 0.149. The molecule has 0 aliphatic carbocycles. The second-order valence-electron chi connectivity index (χ2n) is 9.35. The van der Waals surface area contributed by atoms with Crippen molar-refractivity contribution in [3.63, 3.8) is 0 Å². The van der Waals surface area contributed by atoms with Crippen LogP contribution in [0.4, 0.5) is 0 Å². The van der Waals surface area contributed by atoms with Crippen LogP contribution < -0.4 is 4.74 Å². The highest BCUT2D eigenvalue weighted by atomic mass is 35.5. The van der Waals surface area contributed by atoms with Gasteiger partial charge >= 0.3 is 0 Å². The molecule has 0 bridgehead atoms.